The molecule has 2 aromatic rings. The quantitative estimate of drug-likeness (QED) is 0.822. The maximum Gasteiger partial charge on any atom is 0.321 e. The first-order valence-corrected chi connectivity index (χ1v) is 4.77. The van der Waals surface area contributed by atoms with Crippen LogP contribution in [-0.4, -0.2) is 33.8 Å². The average molecular weight is 221 g/mol. The zero-order chi connectivity index (χ0) is 11.4. The van der Waals surface area contributed by atoms with Crippen LogP contribution >= 0.6 is 0 Å². The largest absolute Gasteiger partial charge is 0.481 e. The Morgan fingerprint density at radius 3 is 3.06 bits per heavy atom. The highest BCUT2D eigenvalue weighted by Gasteiger charge is 2.10. The second kappa shape index (κ2) is 4.56. The van der Waals surface area contributed by atoms with Crippen LogP contribution in [0.2, 0.25) is 0 Å². The Labute approximate surface area is 91.9 Å². The summed E-state index contributed by atoms with van der Waals surface area (Å²) in [4.78, 5) is 12.0. The van der Waals surface area contributed by atoms with Crippen LogP contribution in [0.1, 0.15) is 6.92 Å². The highest BCUT2D eigenvalue weighted by molar-refractivity contribution is 5.50. The molecule has 2 aromatic heterocycles. The SMILES string of the molecule is CCNc1nc(-c2cc(OC)ncn2)no1. The van der Waals surface area contributed by atoms with Crippen molar-refractivity contribution in [3.05, 3.63) is 12.4 Å². The Morgan fingerprint density at radius 2 is 2.31 bits per heavy atom. The summed E-state index contributed by atoms with van der Waals surface area (Å²) in [5.74, 6) is 0.858. The summed E-state index contributed by atoms with van der Waals surface area (Å²) in [7, 11) is 1.53. The molecule has 84 valence electrons. The highest BCUT2D eigenvalue weighted by Crippen LogP contribution is 2.17. The third-order valence-corrected chi connectivity index (χ3v) is 1.83. The minimum atomic E-state index is 0.370. The Bertz CT molecular complexity index is 470. The lowest BCUT2D eigenvalue weighted by molar-refractivity contribution is 0.397. The van der Waals surface area contributed by atoms with Crippen molar-refractivity contribution in [2.75, 3.05) is 19.0 Å². The summed E-state index contributed by atoms with van der Waals surface area (Å²) in [6.07, 6.45) is 1.39. The van der Waals surface area contributed by atoms with E-state index in [1.165, 1.54) is 13.4 Å². The van der Waals surface area contributed by atoms with Gasteiger partial charge in [0.05, 0.1) is 7.11 Å². The molecule has 0 aliphatic heterocycles. The zero-order valence-corrected chi connectivity index (χ0v) is 8.97. The van der Waals surface area contributed by atoms with Gasteiger partial charge >= 0.3 is 6.01 Å². The molecule has 7 nitrogen and oxygen atoms in total. The Hall–Kier alpha value is -2.18. The van der Waals surface area contributed by atoms with Crippen LogP contribution < -0.4 is 10.1 Å². The van der Waals surface area contributed by atoms with Crippen molar-refractivity contribution in [2.45, 2.75) is 6.92 Å². The monoisotopic (exact) mass is 221 g/mol. The highest BCUT2D eigenvalue weighted by atomic mass is 16.5. The first kappa shape index (κ1) is 10.3. The fourth-order valence-electron chi connectivity index (χ4n) is 1.12. The fourth-order valence-corrected chi connectivity index (χ4v) is 1.12. The minimum Gasteiger partial charge on any atom is -0.481 e. The molecule has 0 bridgehead atoms. The van der Waals surface area contributed by atoms with Gasteiger partial charge in [-0.2, -0.15) is 4.98 Å². The molecule has 0 spiro atoms. The number of hydrogen-bond donors (Lipinski definition) is 1. The molecule has 0 aliphatic carbocycles. The van der Waals surface area contributed by atoms with E-state index in [4.69, 9.17) is 9.26 Å². The number of hydrogen-bond acceptors (Lipinski definition) is 7. The van der Waals surface area contributed by atoms with Crippen LogP contribution in [0.4, 0.5) is 6.01 Å². The van der Waals surface area contributed by atoms with Crippen LogP contribution in [0.25, 0.3) is 11.5 Å². The summed E-state index contributed by atoms with van der Waals surface area (Å²) in [6, 6.07) is 2.01. The van der Waals surface area contributed by atoms with E-state index < -0.39 is 0 Å². The Morgan fingerprint density at radius 1 is 1.44 bits per heavy atom. The average Bonchev–Trinajstić information content (AvgIpc) is 2.78. The summed E-state index contributed by atoms with van der Waals surface area (Å²) < 4.78 is 9.94. The molecule has 0 atom stereocenters. The van der Waals surface area contributed by atoms with Crippen LogP contribution in [0, 0.1) is 0 Å². The molecule has 0 amide bonds. The van der Waals surface area contributed by atoms with E-state index in [1.807, 2.05) is 6.92 Å². The van der Waals surface area contributed by atoms with Crippen molar-refractivity contribution in [2.24, 2.45) is 0 Å². The first-order valence-electron chi connectivity index (χ1n) is 4.77. The van der Waals surface area contributed by atoms with E-state index in [0.717, 1.165) is 0 Å². The predicted octanol–water partition coefficient (Wildman–Crippen LogP) is 0.967. The van der Waals surface area contributed by atoms with Gasteiger partial charge in [-0.25, -0.2) is 9.97 Å². The van der Waals surface area contributed by atoms with Gasteiger partial charge in [-0.15, -0.1) is 0 Å². The molecule has 0 aliphatic rings. The molecule has 0 aromatic carbocycles. The molecule has 0 saturated heterocycles. The molecular formula is C9H11N5O2. The topological polar surface area (TPSA) is 86.0 Å². The number of rotatable bonds is 4. The second-order valence-electron chi connectivity index (χ2n) is 2.90. The number of nitrogens with zero attached hydrogens (tertiary/aromatic N) is 4. The lowest BCUT2D eigenvalue weighted by atomic mass is 10.4. The van der Waals surface area contributed by atoms with Gasteiger partial charge < -0.3 is 14.6 Å². The van der Waals surface area contributed by atoms with E-state index >= 15 is 0 Å². The number of aromatic nitrogens is 4. The van der Waals surface area contributed by atoms with Gasteiger partial charge in [0.15, 0.2) is 0 Å². The maximum absolute atomic E-state index is 4.98. The fraction of sp³-hybridized carbons (Fsp3) is 0.333. The molecule has 0 unspecified atom stereocenters. The molecule has 7 heteroatoms. The predicted molar refractivity (Wildman–Crippen MR) is 56.0 cm³/mol. The van der Waals surface area contributed by atoms with Crippen LogP contribution in [0.3, 0.4) is 0 Å². The number of ether oxygens (including phenoxy) is 1. The molecule has 0 saturated carbocycles. The molecule has 1 N–H and O–H groups in total. The van der Waals surface area contributed by atoms with Crippen molar-refractivity contribution in [1.29, 1.82) is 0 Å². The van der Waals surface area contributed by atoms with Gasteiger partial charge in [-0.05, 0) is 6.92 Å². The van der Waals surface area contributed by atoms with Gasteiger partial charge in [0.1, 0.15) is 12.0 Å². The summed E-state index contributed by atoms with van der Waals surface area (Å²) in [5, 5.41) is 6.70. The van der Waals surface area contributed by atoms with Crippen molar-refractivity contribution < 1.29 is 9.26 Å². The van der Waals surface area contributed by atoms with Crippen molar-refractivity contribution in [3.8, 4) is 17.4 Å². The van der Waals surface area contributed by atoms with Crippen molar-refractivity contribution in [3.63, 3.8) is 0 Å². The number of methoxy groups -OCH3 is 1. The van der Waals surface area contributed by atoms with E-state index in [1.54, 1.807) is 6.07 Å². The summed E-state index contributed by atoms with van der Waals surface area (Å²) >= 11 is 0. The van der Waals surface area contributed by atoms with Gasteiger partial charge in [0, 0.05) is 12.6 Å². The molecule has 0 fully saturated rings. The van der Waals surface area contributed by atoms with Crippen molar-refractivity contribution >= 4 is 6.01 Å². The van der Waals surface area contributed by atoms with Gasteiger partial charge in [0.25, 0.3) is 0 Å². The molecule has 0 radical (unpaired) electrons. The van der Waals surface area contributed by atoms with Crippen LogP contribution in [0.5, 0.6) is 5.88 Å². The maximum atomic E-state index is 4.98. The third-order valence-electron chi connectivity index (χ3n) is 1.83. The standard InChI is InChI=1S/C9H11N5O2/c1-3-10-9-13-8(14-16-9)6-4-7(15-2)12-5-11-6/h4-5H,3H2,1-2H3,(H,10,13,14). The van der Waals surface area contributed by atoms with E-state index in [9.17, 15) is 0 Å². The molecule has 2 rings (SSSR count). The van der Waals surface area contributed by atoms with E-state index in [-0.39, 0.29) is 0 Å². The van der Waals surface area contributed by atoms with Crippen LogP contribution in [-0.2, 0) is 0 Å². The zero-order valence-electron chi connectivity index (χ0n) is 8.97. The van der Waals surface area contributed by atoms with Crippen LogP contribution in [0.15, 0.2) is 16.9 Å². The minimum absolute atomic E-state index is 0.370. The van der Waals surface area contributed by atoms with Gasteiger partial charge in [0.2, 0.25) is 11.7 Å². The normalized spacial score (nSPS) is 10.1. The van der Waals surface area contributed by atoms with E-state index in [2.05, 4.69) is 25.4 Å². The summed E-state index contributed by atoms with van der Waals surface area (Å²) in [5.41, 5.74) is 0.555. The third kappa shape index (κ3) is 2.08. The van der Waals surface area contributed by atoms with Crippen molar-refractivity contribution in [1.82, 2.24) is 20.1 Å². The molecule has 16 heavy (non-hydrogen) atoms. The molecule has 2 heterocycles. The summed E-state index contributed by atoms with van der Waals surface area (Å²) in [6.45, 7) is 2.66. The Balaban J connectivity index is 2.27. The molecular weight excluding hydrogens is 210 g/mol. The lowest BCUT2D eigenvalue weighted by Crippen LogP contribution is -1.96. The Kier molecular flexibility index (Phi) is 2.95. The first-order chi connectivity index (χ1) is 7.83. The lowest BCUT2D eigenvalue weighted by Gasteiger charge is -1.97. The number of anilines is 1. The van der Waals surface area contributed by atoms with Gasteiger partial charge in [-0.3, -0.25) is 0 Å². The smallest absolute Gasteiger partial charge is 0.321 e. The van der Waals surface area contributed by atoms with Gasteiger partial charge in [-0.1, -0.05) is 5.16 Å². The second-order valence-corrected chi connectivity index (χ2v) is 2.90. The van der Waals surface area contributed by atoms with E-state index in [0.29, 0.717) is 30.0 Å². The number of nitrogens with one attached hydrogen (secondary N) is 1.